The van der Waals surface area contributed by atoms with Gasteiger partial charge in [0, 0.05) is 13.0 Å². The topological polar surface area (TPSA) is 55.8 Å². The van der Waals surface area contributed by atoms with Gasteiger partial charge in [0.15, 0.2) is 0 Å². The second kappa shape index (κ2) is 33.3. The minimum atomic E-state index is -0.550. The summed E-state index contributed by atoms with van der Waals surface area (Å²) in [5.74, 6) is -0.230. The van der Waals surface area contributed by atoms with Crippen LogP contribution in [0, 0.1) is 0 Å². The van der Waals surface area contributed by atoms with E-state index in [2.05, 4.69) is 74.6 Å². The van der Waals surface area contributed by atoms with Crippen molar-refractivity contribution < 1.29 is 19.4 Å². The van der Waals surface area contributed by atoms with E-state index in [1.807, 2.05) is 0 Å². The number of hydrogen-bond donors (Lipinski definition) is 1. The SMILES string of the molecule is CC/C=C\C/C=C\C/C=C\C/C=C\CCCCCCC(=O)OC(CO)COCCCCCCCC/C=C\CCC. The number of carbonyl (C=O) groups excluding carboxylic acids is 1. The van der Waals surface area contributed by atoms with E-state index in [-0.39, 0.29) is 19.2 Å². The summed E-state index contributed by atoms with van der Waals surface area (Å²) in [6.45, 7) is 5.12. The zero-order valence-electron chi connectivity index (χ0n) is 26.1. The number of rotatable bonds is 29. The highest BCUT2D eigenvalue weighted by Gasteiger charge is 2.13. The van der Waals surface area contributed by atoms with Gasteiger partial charge in [0.1, 0.15) is 6.10 Å². The van der Waals surface area contributed by atoms with Gasteiger partial charge in [0.2, 0.25) is 0 Å². The molecular formula is C36H62O4. The van der Waals surface area contributed by atoms with Gasteiger partial charge in [-0.15, -0.1) is 0 Å². The summed E-state index contributed by atoms with van der Waals surface area (Å²) in [6.07, 6.45) is 42.5. The fourth-order valence-electron chi connectivity index (χ4n) is 4.14. The van der Waals surface area contributed by atoms with Crippen molar-refractivity contribution in [2.45, 2.75) is 142 Å². The van der Waals surface area contributed by atoms with Crippen LogP contribution >= 0.6 is 0 Å². The van der Waals surface area contributed by atoms with E-state index < -0.39 is 6.10 Å². The summed E-state index contributed by atoms with van der Waals surface area (Å²) in [6, 6.07) is 0. The first kappa shape index (κ1) is 38.1. The third-order valence-electron chi connectivity index (χ3n) is 6.56. The van der Waals surface area contributed by atoms with Gasteiger partial charge >= 0.3 is 5.97 Å². The molecule has 4 heteroatoms. The molecule has 0 aliphatic carbocycles. The molecule has 230 valence electrons. The quantitative estimate of drug-likeness (QED) is 0.0564. The van der Waals surface area contributed by atoms with E-state index in [9.17, 15) is 9.90 Å². The molecule has 0 rings (SSSR count). The molecule has 0 aromatic rings. The second-order valence-corrected chi connectivity index (χ2v) is 10.5. The predicted octanol–water partition coefficient (Wildman–Crippen LogP) is 10.1. The Morgan fingerprint density at radius 2 is 1.12 bits per heavy atom. The van der Waals surface area contributed by atoms with Gasteiger partial charge in [0.05, 0.1) is 13.2 Å². The molecule has 1 unspecified atom stereocenters. The van der Waals surface area contributed by atoms with Crippen LogP contribution in [0.1, 0.15) is 136 Å². The largest absolute Gasteiger partial charge is 0.457 e. The lowest BCUT2D eigenvalue weighted by atomic mass is 10.1. The number of unbranched alkanes of at least 4 members (excludes halogenated alkanes) is 11. The Hall–Kier alpha value is -1.91. The van der Waals surface area contributed by atoms with E-state index in [4.69, 9.17) is 9.47 Å². The van der Waals surface area contributed by atoms with Crippen molar-refractivity contribution in [3.8, 4) is 0 Å². The van der Waals surface area contributed by atoms with Crippen molar-refractivity contribution in [1.29, 1.82) is 0 Å². The standard InChI is InChI=1S/C36H62O4/c1-3-5-7-9-11-13-15-16-17-18-19-20-21-23-25-27-29-31-36(38)40-35(33-37)34-39-32-30-28-26-24-22-14-12-10-8-6-4-2/h5,7-8,10-11,13,16-17,19-20,35,37H,3-4,6,9,12,14-15,18,21-34H2,1-2H3/b7-5-,10-8-,13-11-,17-16-,20-19-. The summed E-state index contributed by atoms with van der Waals surface area (Å²) in [7, 11) is 0. The van der Waals surface area contributed by atoms with E-state index in [1.54, 1.807) is 0 Å². The van der Waals surface area contributed by atoms with Gasteiger partial charge in [-0.25, -0.2) is 0 Å². The van der Waals surface area contributed by atoms with E-state index in [0.29, 0.717) is 13.0 Å². The normalized spacial score (nSPS) is 13.2. The summed E-state index contributed by atoms with van der Waals surface area (Å²) >= 11 is 0. The maximum atomic E-state index is 12.1. The first-order chi connectivity index (χ1) is 19.7. The molecule has 0 aliphatic rings. The molecule has 1 N–H and O–H groups in total. The van der Waals surface area contributed by atoms with Crippen molar-refractivity contribution in [1.82, 2.24) is 0 Å². The first-order valence-electron chi connectivity index (χ1n) is 16.4. The maximum Gasteiger partial charge on any atom is 0.306 e. The summed E-state index contributed by atoms with van der Waals surface area (Å²) in [5, 5.41) is 9.51. The molecule has 0 fully saturated rings. The number of aliphatic hydroxyl groups is 1. The van der Waals surface area contributed by atoms with Crippen LogP contribution in [0.15, 0.2) is 60.8 Å². The third kappa shape index (κ3) is 30.6. The molecular weight excluding hydrogens is 496 g/mol. The molecule has 0 spiro atoms. The van der Waals surface area contributed by atoms with Crippen molar-refractivity contribution in [2.75, 3.05) is 19.8 Å². The smallest absolute Gasteiger partial charge is 0.306 e. The maximum absolute atomic E-state index is 12.1. The molecule has 0 heterocycles. The third-order valence-corrected chi connectivity index (χ3v) is 6.56. The van der Waals surface area contributed by atoms with Gasteiger partial charge in [-0.05, 0) is 70.6 Å². The molecule has 0 radical (unpaired) electrons. The van der Waals surface area contributed by atoms with Crippen LogP contribution in [0.5, 0.6) is 0 Å². The lowest BCUT2D eigenvalue weighted by Gasteiger charge is -2.15. The molecule has 1 atom stereocenters. The average molecular weight is 559 g/mol. The lowest BCUT2D eigenvalue weighted by Crippen LogP contribution is -2.27. The molecule has 40 heavy (non-hydrogen) atoms. The Labute approximate surface area is 247 Å². The second-order valence-electron chi connectivity index (χ2n) is 10.5. The van der Waals surface area contributed by atoms with E-state index in [0.717, 1.165) is 70.6 Å². The Balaban J connectivity index is 3.56. The number of allylic oxidation sites excluding steroid dienone is 10. The first-order valence-corrected chi connectivity index (χ1v) is 16.4. The molecule has 0 aromatic carbocycles. The van der Waals surface area contributed by atoms with Crippen LogP contribution in [0.3, 0.4) is 0 Å². The van der Waals surface area contributed by atoms with Crippen molar-refractivity contribution in [3.05, 3.63) is 60.8 Å². The van der Waals surface area contributed by atoms with Crippen molar-refractivity contribution >= 4 is 5.97 Å². The lowest BCUT2D eigenvalue weighted by molar-refractivity contribution is -0.154. The molecule has 0 saturated heterocycles. The van der Waals surface area contributed by atoms with Crippen LogP contribution in [-0.2, 0) is 14.3 Å². The van der Waals surface area contributed by atoms with Crippen molar-refractivity contribution in [2.24, 2.45) is 0 Å². The molecule has 0 aliphatic heterocycles. The monoisotopic (exact) mass is 558 g/mol. The zero-order valence-corrected chi connectivity index (χ0v) is 26.1. The Morgan fingerprint density at radius 1 is 0.625 bits per heavy atom. The molecule has 0 bridgehead atoms. The highest BCUT2D eigenvalue weighted by molar-refractivity contribution is 5.69. The average Bonchev–Trinajstić information content (AvgIpc) is 2.96. The summed E-state index contributed by atoms with van der Waals surface area (Å²) < 4.78 is 11.0. The number of esters is 1. The van der Waals surface area contributed by atoms with Crippen LogP contribution < -0.4 is 0 Å². The molecule has 4 nitrogen and oxygen atoms in total. The molecule has 0 saturated carbocycles. The van der Waals surface area contributed by atoms with Gasteiger partial charge in [0.25, 0.3) is 0 Å². The van der Waals surface area contributed by atoms with Gasteiger partial charge in [-0.1, -0.05) is 120 Å². The minimum Gasteiger partial charge on any atom is -0.457 e. The van der Waals surface area contributed by atoms with E-state index in [1.165, 1.54) is 44.9 Å². The fraction of sp³-hybridized carbons (Fsp3) is 0.694. The minimum absolute atomic E-state index is 0.187. The van der Waals surface area contributed by atoms with E-state index >= 15 is 0 Å². The van der Waals surface area contributed by atoms with Crippen LogP contribution in [0.25, 0.3) is 0 Å². The Morgan fingerprint density at radius 3 is 1.73 bits per heavy atom. The molecule has 0 amide bonds. The zero-order chi connectivity index (χ0) is 29.2. The van der Waals surface area contributed by atoms with Crippen LogP contribution in [0.4, 0.5) is 0 Å². The number of hydrogen-bond acceptors (Lipinski definition) is 4. The van der Waals surface area contributed by atoms with Crippen molar-refractivity contribution in [3.63, 3.8) is 0 Å². The highest BCUT2D eigenvalue weighted by atomic mass is 16.6. The summed E-state index contributed by atoms with van der Waals surface area (Å²) in [5.41, 5.74) is 0. The van der Waals surface area contributed by atoms with Gasteiger partial charge in [-0.3, -0.25) is 4.79 Å². The number of carbonyl (C=O) groups is 1. The number of aliphatic hydroxyl groups excluding tert-OH is 1. The van der Waals surface area contributed by atoms with Gasteiger partial charge < -0.3 is 14.6 Å². The summed E-state index contributed by atoms with van der Waals surface area (Å²) in [4.78, 5) is 12.1. The highest BCUT2D eigenvalue weighted by Crippen LogP contribution is 2.10. The van der Waals surface area contributed by atoms with Gasteiger partial charge in [-0.2, -0.15) is 0 Å². The Kier molecular flexibility index (Phi) is 31.7. The number of ether oxygens (including phenoxy) is 2. The fourth-order valence-corrected chi connectivity index (χ4v) is 4.14. The van der Waals surface area contributed by atoms with Crippen LogP contribution in [0.2, 0.25) is 0 Å². The molecule has 0 aromatic heterocycles. The van der Waals surface area contributed by atoms with Crippen LogP contribution in [-0.4, -0.2) is 37.0 Å². The Bertz CT molecular complexity index is 674. The predicted molar refractivity (Wildman–Crippen MR) is 173 cm³/mol.